The van der Waals surface area contributed by atoms with Gasteiger partial charge in [-0.05, 0) is 31.7 Å². The molecular weight excluding hydrogens is 374 g/mol. The van der Waals surface area contributed by atoms with Crippen LogP contribution in [0.2, 0.25) is 0 Å². The van der Waals surface area contributed by atoms with Gasteiger partial charge in [-0.3, -0.25) is 19.5 Å². The Morgan fingerprint density at radius 3 is 2.96 bits per heavy atom. The Balaban J connectivity index is 1.98. The predicted octanol–water partition coefficient (Wildman–Crippen LogP) is 2.50. The zero-order valence-electron chi connectivity index (χ0n) is 14.5. The Morgan fingerprint density at radius 1 is 1.50 bits per heavy atom. The largest absolute Gasteiger partial charge is 0.453 e. The monoisotopic (exact) mass is 393 g/mol. The van der Waals surface area contributed by atoms with Gasteiger partial charge < -0.3 is 4.74 Å². The van der Waals surface area contributed by atoms with Crippen molar-refractivity contribution in [2.24, 2.45) is 0 Å². The number of allylic oxidation sites excluding steroid dienone is 1. The SMILES string of the molecule is C=CCn1c(S[C@@H](C)C(=O)NC(=O)OC)nc2sc3c(c2c1=O)CCC3. The number of hydrogen-bond acceptors (Lipinski definition) is 7. The van der Waals surface area contributed by atoms with Crippen LogP contribution in [0.3, 0.4) is 0 Å². The van der Waals surface area contributed by atoms with E-state index in [0.29, 0.717) is 21.9 Å². The van der Waals surface area contributed by atoms with Crippen LogP contribution < -0.4 is 10.9 Å². The van der Waals surface area contributed by atoms with Crippen molar-refractivity contribution in [1.82, 2.24) is 14.9 Å². The first-order chi connectivity index (χ1) is 12.5. The van der Waals surface area contributed by atoms with Gasteiger partial charge in [0.25, 0.3) is 5.56 Å². The fraction of sp³-hybridized carbons (Fsp3) is 0.412. The molecule has 1 N–H and O–H groups in total. The molecule has 0 unspecified atom stereocenters. The van der Waals surface area contributed by atoms with Crippen LogP contribution in [0.4, 0.5) is 4.79 Å². The van der Waals surface area contributed by atoms with Crippen LogP contribution in [0.15, 0.2) is 22.6 Å². The molecule has 1 atom stereocenters. The van der Waals surface area contributed by atoms with Gasteiger partial charge in [-0.25, -0.2) is 9.78 Å². The van der Waals surface area contributed by atoms with E-state index in [1.54, 1.807) is 24.3 Å². The molecule has 26 heavy (non-hydrogen) atoms. The van der Waals surface area contributed by atoms with E-state index in [1.165, 1.54) is 16.6 Å². The quantitative estimate of drug-likeness (QED) is 0.477. The predicted molar refractivity (Wildman–Crippen MR) is 102 cm³/mol. The molecule has 0 saturated heterocycles. The number of carbonyl (C=O) groups excluding carboxylic acids is 2. The number of amides is 2. The highest BCUT2D eigenvalue weighted by molar-refractivity contribution is 8.00. The minimum atomic E-state index is -0.816. The lowest BCUT2D eigenvalue weighted by molar-refractivity contribution is -0.119. The molecule has 1 aliphatic carbocycles. The molecule has 2 amide bonds. The first-order valence-electron chi connectivity index (χ1n) is 8.17. The van der Waals surface area contributed by atoms with Crippen molar-refractivity contribution in [2.45, 2.75) is 43.1 Å². The Bertz CT molecular complexity index is 948. The second kappa shape index (κ2) is 7.63. The van der Waals surface area contributed by atoms with E-state index in [2.05, 4.69) is 21.6 Å². The molecule has 0 saturated carbocycles. The van der Waals surface area contributed by atoms with Crippen molar-refractivity contribution >= 4 is 45.3 Å². The molecule has 0 bridgehead atoms. The lowest BCUT2D eigenvalue weighted by Crippen LogP contribution is -2.36. The van der Waals surface area contributed by atoms with Gasteiger partial charge in [-0.1, -0.05) is 17.8 Å². The maximum atomic E-state index is 13.0. The average Bonchev–Trinajstić information content (AvgIpc) is 3.18. The Morgan fingerprint density at radius 2 is 2.27 bits per heavy atom. The fourth-order valence-electron chi connectivity index (χ4n) is 2.90. The number of nitrogens with one attached hydrogen (secondary N) is 1. The molecule has 0 aliphatic heterocycles. The number of hydrogen-bond donors (Lipinski definition) is 1. The number of nitrogens with zero attached hydrogens (tertiary/aromatic N) is 2. The molecule has 0 aromatic carbocycles. The minimum absolute atomic E-state index is 0.0997. The summed E-state index contributed by atoms with van der Waals surface area (Å²) in [5.74, 6) is -0.505. The smallest absolute Gasteiger partial charge is 0.413 e. The van der Waals surface area contributed by atoms with Crippen LogP contribution >= 0.6 is 23.1 Å². The summed E-state index contributed by atoms with van der Waals surface area (Å²) in [6.45, 7) is 5.66. The zero-order valence-corrected chi connectivity index (χ0v) is 16.2. The summed E-state index contributed by atoms with van der Waals surface area (Å²) >= 11 is 2.68. The summed E-state index contributed by atoms with van der Waals surface area (Å²) < 4.78 is 5.97. The maximum absolute atomic E-state index is 13.0. The Hall–Kier alpha value is -2.13. The van der Waals surface area contributed by atoms with Crippen LogP contribution in [-0.4, -0.2) is 33.9 Å². The number of aromatic nitrogens is 2. The molecule has 7 nitrogen and oxygen atoms in total. The third-order valence-electron chi connectivity index (χ3n) is 4.16. The lowest BCUT2D eigenvalue weighted by Gasteiger charge is -2.14. The molecule has 9 heteroatoms. The standard InChI is InChI=1S/C17H19N3O4S2/c1-4-8-20-15(22)12-10-6-5-7-11(10)26-14(12)19-16(20)25-9(2)13(21)18-17(23)24-3/h4,9H,1,5-8H2,2-3H3,(H,18,21,23)/t9-/m0/s1. The van der Waals surface area contributed by atoms with Crippen LogP contribution in [0.1, 0.15) is 23.8 Å². The van der Waals surface area contributed by atoms with E-state index in [4.69, 9.17) is 0 Å². The molecular formula is C17H19N3O4S2. The third kappa shape index (κ3) is 3.41. The number of thioether (sulfide) groups is 1. The van der Waals surface area contributed by atoms with Crippen LogP contribution in [-0.2, 0) is 28.9 Å². The number of alkyl carbamates (subject to hydrolysis) is 1. The first-order valence-corrected chi connectivity index (χ1v) is 9.87. The summed E-state index contributed by atoms with van der Waals surface area (Å²) in [7, 11) is 1.19. The van der Waals surface area contributed by atoms with Gasteiger partial charge in [-0.15, -0.1) is 17.9 Å². The number of rotatable bonds is 5. The number of fused-ring (bicyclic) bond motifs is 3. The van der Waals surface area contributed by atoms with E-state index in [9.17, 15) is 14.4 Å². The van der Waals surface area contributed by atoms with Gasteiger partial charge >= 0.3 is 6.09 Å². The Labute approximate surface area is 158 Å². The van der Waals surface area contributed by atoms with E-state index < -0.39 is 17.3 Å². The highest BCUT2D eigenvalue weighted by Crippen LogP contribution is 2.36. The van der Waals surface area contributed by atoms with Crippen LogP contribution in [0, 0.1) is 0 Å². The summed E-state index contributed by atoms with van der Waals surface area (Å²) in [5, 5.41) is 2.64. The topological polar surface area (TPSA) is 90.3 Å². The summed E-state index contributed by atoms with van der Waals surface area (Å²) in [6, 6.07) is 0. The number of ether oxygens (including phenoxy) is 1. The molecule has 3 rings (SSSR count). The molecule has 0 radical (unpaired) electrons. The van der Waals surface area contributed by atoms with Crippen molar-refractivity contribution in [3.8, 4) is 0 Å². The minimum Gasteiger partial charge on any atom is -0.453 e. The van der Waals surface area contributed by atoms with E-state index in [0.717, 1.165) is 36.6 Å². The maximum Gasteiger partial charge on any atom is 0.413 e. The van der Waals surface area contributed by atoms with Crippen molar-refractivity contribution in [2.75, 3.05) is 7.11 Å². The molecule has 138 valence electrons. The highest BCUT2D eigenvalue weighted by atomic mass is 32.2. The second-order valence-electron chi connectivity index (χ2n) is 5.88. The van der Waals surface area contributed by atoms with Crippen LogP contribution in [0.5, 0.6) is 0 Å². The number of methoxy groups -OCH3 is 1. The molecule has 2 heterocycles. The van der Waals surface area contributed by atoms with Crippen molar-refractivity contribution < 1.29 is 14.3 Å². The van der Waals surface area contributed by atoms with Crippen molar-refractivity contribution in [3.05, 3.63) is 33.4 Å². The zero-order chi connectivity index (χ0) is 18.8. The van der Waals surface area contributed by atoms with E-state index in [1.807, 2.05) is 0 Å². The van der Waals surface area contributed by atoms with Crippen molar-refractivity contribution in [1.29, 1.82) is 0 Å². The first kappa shape index (κ1) is 18.7. The van der Waals surface area contributed by atoms with Gasteiger partial charge in [0.05, 0.1) is 17.7 Å². The normalized spacial score (nSPS) is 14.1. The highest BCUT2D eigenvalue weighted by Gasteiger charge is 2.25. The van der Waals surface area contributed by atoms with Gasteiger partial charge in [0.2, 0.25) is 5.91 Å². The summed E-state index contributed by atoms with van der Waals surface area (Å²) in [6.07, 6.45) is 3.77. The van der Waals surface area contributed by atoms with E-state index >= 15 is 0 Å². The Kier molecular flexibility index (Phi) is 5.47. The van der Waals surface area contributed by atoms with Gasteiger partial charge in [-0.2, -0.15) is 0 Å². The number of carbonyl (C=O) groups is 2. The third-order valence-corrected chi connectivity index (χ3v) is 6.44. The lowest BCUT2D eigenvalue weighted by atomic mass is 10.2. The molecule has 0 fully saturated rings. The molecule has 0 spiro atoms. The van der Waals surface area contributed by atoms with Gasteiger partial charge in [0, 0.05) is 11.4 Å². The van der Waals surface area contributed by atoms with Crippen molar-refractivity contribution in [3.63, 3.8) is 0 Å². The average molecular weight is 393 g/mol. The van der Waals surface area contributed by atoms with Gasteiger partial charge in [0.15, 0.2) is 5.16 Å². The van der Waals surface area contributed by atoms with Crippen LogP contribution in [0.25, 0.3) is 10.2 Å². The number of imide groups is 1. The molecule has 2 aromatic rings. The number of aryl methyl sites for hydroxylation is 2. The summed E-state index contributed by atoms with van der Waals surface area (Å²) in [4.78, 5) is 42.9. The number of thiophene rings is 1. The summed E-state index contributed by atoms with van der Waals surface area (Å²) in [5.41, 5.74) is 1.02. The fourth-order valence-corrected chi connectivity index (χ4v) is 5.12. The van der Waals surface area contributed by atoms with E-state index in [-0.39, 0.29) is 5.56 Å². The molecule has 1 aliphatic rings. The molecule has 2 aromatic heterocycles. The van der Waals surface area contributed by atoms with Gasteiger partial charge in [0.1, 0.15) is 4.83 Å². The second-order valence-corrected chi connectivity index (χ2v) is 8.27.